The second-order valence-corrected chi connectivity index (χ2v) is 17.0. The zero-order valence-corrected chi connectivity index (χ0v) is 28.3. The Kier molecular flexibility index (Phi) is 7.25. The Bertz CT molecular complexity index is 909. The first-order chi connectivity index (χ1) is 19.2. The fourth-order valence-electron chi connectivity index (χ4n) is 11.0. The van der Waals surface area contributed by atoms with Crippen LogP contribution in [0, 0.1) is 44.3 Å². The molecular weight excluding hydrogens is 512 g/mol. The topological polar surface area (TPSA) is 46.2 Å². The number of ether oxygens (including phenoxy) is 5. The summed E-state index contributed by atoms with van der Waals surface area (Å²) >= 11 is 0. The van der Waals surface area contributed by atoms with Crippen molar-refractivity contribution in [1.82, 2.24) is 0 Å². The minimum atomic E-state index is -0.768. The largest absolute Gasteiger partial charge is 0.380 e. The maximum atomic E-state index is 7.88. The van der Waals surface area contributed by atoms with Crippen LogP contribution in [-0.4, -0.2) is 50.2 Å². The zero-order valence-electron chi connectivity index (χ0n) is 28.3. The highest BCUT2D eigenvalue weighted by Gasteiger charge is 2.71. The molecule has 0 spiro atoms. The molecule has 2 saturated heterocycles. The van der Waals surface area contributed by atoms with Crippen LogP contribution in [0.5, 0.6) is 0 Å². The van der Waals surface area contributed by atoms with Crippen LogP contribution in [0.25, 0.3) is 0 Å². The van der Waals surface area contributed by atoms with Gasteiger partial charge in [0, 0.05) is 0 Å². The molecule has 0 radical (unpaired) electrons. The molecule has 0 aromatic heterocycles. The second-order valence-electron chi connectivity index (χ2n) is 17.0. The molecule has 8 atom stereocenters. The van der Waals surface area contributed by atoms with Gasteiger partial charge in [0.2, 0.25) is 0 Å². The van der Waals surface area contributed by atoms with Crippen molar-refractivity contribution < 1.29 is 23.7 Å². The highest BCUT2D eigenvalue weighted by Crippen LogP contribution is 2.70. The molecule has 5 nitrogen and oxygen atoms in total. The van der Waals surface area contributed by atoms with Crippen molar-refractivity contribution in [3.63, 3.8) is 0 Å². The molecule has 4 bridgehead atoms. The van der Waals surface area contributed by atoms with Gasteiger partial charge in [0.05, 0.1) is 49.5 Å². The first kappa shape index (κ1) is 30.8. The summed E-state index contributed by atoms with van der Waals surface area (Å²) in [5.74, 6) is -0.105. The molecule has 2 heterocycles. The van der Waals surface area contributed by atoms with E-state index in [1.54, 1.807) is 0 Å². The highest BCUT2D eigenvalue weighted by molar-refractivity contribution is 5.15. The molecule has 6 fully saturated rings. The van der Waals surface area contributed by atoms with Gasteiger partial charge in [0.15, 0.2) is 11.6 Å². The Hall–Kier alpha value is -0.200. The molecule has 8 unspecified atom stereocenters. The molecule has 5 heteroatoms. The third-order valence-corrected chi connectivity index (χ3v) is 15.8. The average Bonchev–Trinajstić information content (AvgIpc) is 3.40. The summed E-state index contributed by atoms with van der Waals surface area (Å²) < 4.78 is 35.2. The Morgan fingerprint density at radius 2 is 0.976 bits per heavy atom. The maximum Gasteiger partial charge on any atom is 0.181 e. The van der Waals surface area contributed by atoms with Gasteiger partial charge in [-0.1, -0.05) is 69.2 Å². The van der Waals surface area contributed by atoms with E-state index in [-0.39, 0.29) is 44.7 Å². The predicted octanol–water partition coefficient (Wildman–Crippen LogP) is 8.53. The van der Waals surface area contributed by atoms with E-state index in [4.69, 9.17) is 23.7 Å². The van der Waals surface area contributed by atoms with Gasteiger partial charge in [0.25, 0.3) is 0 Å². The van der Waals surface area contributed by atoms with Crippen LogP contribution in [0.3, 0.4) is 0 Å². The van der Waals surface area contributed by atoms with Crippen molar-refractivity contribution in [3.8, 4) is 0 Å². The number of rotatable bonds is 12. The van der Waals surface area contributed by atoms with Crippen LogP contribution in [0.4, 0.5) is 0 Å². The van der Waals surface area contributed by atoms with Gasteiger partial charge in [-0.05, 0) is 97.7 Å². The van der Waals surface area contributed by atoms with E-state index in [0.29, 0.717) is 38.3 Å². The summed E-state index contributed by atoms with van der Waals surface area (Å²) in [7, 11) is 0. The van der Waals surface area contributed by atoms with Gasteiger partial charge in [-0.25, -0.2) is 0 Å². The van der Waals surface area contributed by atoms with E-state index in [2.05, 4.69) is 69.2 Å². The van der Waals surface area contributed by atoms with E-state index in [1.807, 2.05) is 0 Å². The Morgan fingerprint density at radius 1 is 0.610 bits per heavy atom. The average molecular weight is 575 g/mol. The third kappa shape index (κ3) is 3.71. The number of hydrogen-bond acceptors (Lipinski definition) is 5. The van der Waals surface area contributed by atoms with Gasteiger partial charge in [-0.15, -0.1) is 0 Å². The molecule has 6 rings (SSSR count). The lowest BCUT2D eigenvalue weighted by molar-refractivity contribution is -0.476. The lowest BCUT2D eigenvalue weighted by Gasteiger charge is -2.63. The van der Waals surface area contributed by atoms with Gasteiger partial charge < -0.3 is 23.7 Å². The van der Waals surface area contributed by atoms with Crippen molar-refractivity contribution in [1.29, 1.82) is 0 Å². The lowest BCUT2D eigenvalue weighted by atomic mass is 9.68. The van der Waals surface area contributed by atoms with E-state index < -0.39 is 11.6 Å². The molecule has 0 aromatic rings. The summed E-state index contributed by atoms with van der Waals surface area (Å²) in [4.78, 5) is 0. The summed E-state index contributed by atoms with van der Waals surface area (Å²) in [5, 5.41) is 0. The zero-order chi connectivity index (χ0) is 29.7. The van der Waals surface area contributed by atoms with Gasteiger partial charge in [-0.2, -0.15) is 0 Å². The standard InChI is InChI=1S/C36H62O5/c1-11-33(21-37-22-33)35(13-3,39-27-19-25-15-17-31(27,9)29(25,5)6)41-36(14-4,34(12-2)23-38-24-34)40-28-20-26-16-18-32(28,10)30(26,7)8/h25-28H,11-24H2,1-10H3. The molecule has 236 valence electrons. The van der Waals surface area contributed by atoms with E-state index in [1.165, 1.54) is 25.7 Å². The highest BCUT2D eigenvalue weighted by atomic mass is 16.8. The summed E-state index contributed by atoms with van der Waals surface area (Å²) in [6.07, 6.45) is 11.3. The minimum absolute atomic E-state index is 0.154. The molecule has 6 aliphatic rings. The fourth-order valence-corrected chi connectivity index (χ4v) is 11.0. The van der Waals surface area contributed by atoms with E-state index in [0.717, 1.165) is 38.5 Å². The monoisotopic (exact) mass is 574 g/mol. The number of hydrogen-bond donors (Lipinski definition) is 0. The SMILES string of the molecule is CCC1(C(CC)(OC2CC3CCC2(C)C3(C)C)OC(CC)(OC2CC3CCC2(C)C3(C)C)C2(CC)COC2)COC1. The fraction of sp³-hybridized carbons (Fsp3) is 1.00. The molecular formula is C36H62O5. The van der Waals surface area contributed by atoms with Crippen LogP contribution >= 0.6 is 0 Å². The Balaban J connectivity index is 1.42. The molecule has 0 amide bonds. The minimum Gasteiger partial charge on any atom is -0.380 e. The smallest absolute Gasteiger partial charge is 0.181 e. The maximum absolute atomic E-state index is 7.88. The van der Waals surface area contributed by atoms with Crippen molar-refractivity contribution in [2.24, 2.45) is 44.3 Å². The first-order valence-corrected chi connectivity index (χ1v) is 17.4. The lowest BCUT2D eigenvalue weighted by Crippen LogP contribution is -2.71. The van der Waals surface area contributed by atoms with Gasteiger partial charge in [0.1, 0.15) is 0 Å². The first-order valence-electron chi connectivity index (χ1n) is 17.4. The summed E-state index contributed by atoms with van der Waals surface area (Å²) in [6, 6.07) is 0. The van der Waals surface area contributed by atoms with Crippen molar-refractivity contribution >= 4 is 0 Å². The van der Waals surface area contributed by atoms with Crippen LogP contribution in [0.1, 0.15) is 133 Å². The van der Waals surface area contributed by atoms with Crippen molar-refractivity contribution in [3.05, 3.63) is 0 Å². The van der Waals surface area contributed by atoms with Gasteiger partial charge >= 0.3 is 0 Å². The molecule has 4 aliphatic carbocycles. The quantitative estimate of drug-likeness (QED) is 0.219. The van der Waals surface area contributed by atoms with E-state index in [9.17, 15) is 0 Å². The molecule has 4 saturated carbocycles. The van der Waals surface area contributed by atoms with Crippen LogP contribution in [-0.2, 0) is 23.7 Å². The van der Waals surface area contributed by atoms with E-state index >= 15 is 0 Å². The predicted molar refractivity (Wildman–Crippen MR) is 162 cm³/mol. The van der Waals surface area contributed by atoms with Crippen LogP contribution in [0.15, 0.2) is 0 Å². The summed E-state index contributed by atoms with van der Waals surface area (Å²) in [6.45, 7) is 26.9. The van der Waals surface area contributed by atoms with Crippen LogP contribution in [0.2, 0.25) is 0 Å². The summed E-state index contributed by atoms with van der Waals surface area (Å²) in [5.41, 5.74) is 0.513. The third-order valence-electron chi connectivity index (χ3n) is 15.8. The van der Waals surface area contributed by atoms with Crippen LogP contribution < -0.4 is 0 Å². The molecule has 41 heavy (non-hydrogen) atoms. The van der Waals surface area contributed by atoms with Crippen molar-refractivity contribution in [2.75, 3.05) is 26.4 Å². The molecule has 0 N–H and O–H groups in total. The molecule has 0 aromatic carbocycles. The Labute approximate surface area is 251 Å². The normalized spacial score (nSPS) is 43.8. The Morgan fingerprint density at radius 3 is 1.17 bits per heavy atom. The number of fused-ring (bicyclic) bond motifs is 4. The van der Waals surface area contributed by atoms with Crippen molar-refractivity contribution in [2.45, 2.75) is 157 Å². The van der Waals surface area contributed by atoms with Gasteiger partial charge in [-0.3, -0.25) is 0 Å². The second kappa shape index (κ2) is 9.65. The molecule has 2 aliphatic heterocycles.